The number of pyridine rings is 1. The summed E-state index contributed by atoms with van der Waals surface area (Å²) >= 11 is 4.44. The van der Waals surface area contributed by atoms with E-state index < -0.39 is 22.5 Å². The van der Waals surface area contributed by atoms with Crippen LogP contribution in [0.25, 0.3) is 0 Å². The Morgan fingerprint density at radius 2 is 2.08 bits per heavy atom. The second-order valence-corrected chi connectivity index (χ2v) is 2.69. The fraction of sp³-hybridized carbons (Fsp3) is 0.143. The van der Waals surface area contributed by atoms with E-state index in [9.17, 15) is 18.0 Å². The number of carbonyl (C=O) groups is 1. The van der Waals surface area contributed by atoms with Crippen LogP contribution in [0.3, 0.4) is 0 Å². The molecule has 0 saturated carbocycles. The summed E-state index contributed by atoms with van der Waals surface area (Å²) in [6.45, 7) is 0. The molecule has 1 aromatic rings. The molecule has 0 amide bonds. The molecule has 0 aromatic carbocycles. The van der Waals surface area contributed by atoms with Crippen molar-refractivity contribution < 1.29 is 18.0 Å². The van der Waals surface area contributed by atoms with Gasteiger partial charge in [0.15, 0.2) is 0 Å². The van der Waals surface area contributed by atoms with Crippen molar-refractivity contribution in [2.75, 3.05) is 0 Å². The Morgan fingerprint density at radius 1 is 1.46 bits per heavy atom. The highest BCUT2D eigenvalue weighted by molar-refractivity contribution is 6.35. The number of hydrogen-bond acceptors (Lipinski definition) is 2. The van der Waals surface area contributed by atoms with Gasteiger partial charge >= 0.3 is 5.38 Å². The van der Waals surface area contributed by atoms with Gasteiger partial charge in [0.05, 0.1) is 6.20 Å². The summed E-state index contributed by atoms with van der Waals surface area (Å²) in [5.74, 6) is -2.53. The average Bonchev–Trinajstić information content (AvgIpc) is 2.01. The van der Waals surface area contributed by atoms with Crippen LogP contribution < -0.4 is 0 Å². The topological polar surface area (TPSA) is 30.0 Å². The summed E-state index contributed by atoms with van der Waals surface area (Å²) in [5.41, 5.74) is -0.556. The Labute approximate surface area is 76.3 Å². The van der Waals surface area contributed by atoms with E-state index in [1.807, 2.05) is 0 Å². The van der Waals surface area contributed by atoms with Crippen LogP contribution in [-0.4, -0.2) is 16.1 Å². The Kier molecular flexibility index (Phi) is 2.56. The first-order valence-electron chi connectivity index (χ1n) is 3.13. The van der Waals surface area contributed by atoms with Crippen molar-refractivity contribution in [3.8, 4) is 0 Å². The first-order valence-corrected chi connectivity index (χ1v) is 3.51. The predicted molar refractivity (Wildman–Crippen MR) is 39.3 cm³/mol. The van der Waals surface area contributed by atoms with Crippen molar-refractivity contribution in [2.45, 2.75) is 5.38 Å². The maximum absolute atomic E-state index is 12.4. The number of hydrogen-bond donors (Lipinski definition) is 0. The molecule has 0 unspecified atom stereocenters. The minimum absolute atomic E-state index is 0.556. The summed E-state index contributed by atoms with van der Waals surface area (Å²) < 4.78 is 36.8. The second-order valence-electron chi connectivity index (χ2n) is 2.22. The molecule has 13 heavy (non-hydrogen) atoms. The lowest BCUT2D eigenvalue weighted by molar-refractivity contribution is 0.0535. The summed E-state index contributed by atoms with van der Waals surface area (Å²) in [5, 5.41) is -4.02. The van der Waals surface area contributed by atoms with Gasteiger partial charge in [-0.05, 0) is 17.7 Å². The average molecular weight is 210 g/mol. The van der Waals surface area contributed by atoms with E-state index in [2.05, 4.69) is 16.6 Å². The molecule has 6 heteroatoms. The van der Waals surface area contributed by atoms with E-state index in [0.29, 0.717) is 6.07 Å². The smallest absolute Gasteiger partial charge is 0.286 e. The minimum atomic E-state index is -4.02. The molecule has 0 N–H and O–H groups in total. The van der Waals surface area contributed by atoms with Crippen LogP contribution in [0, 0.1) is 5.82 Å². The van der Waals surface area contributed by atoms with Gasteiger partial charge in [-0.25, -0.2) is 4.39 Å². The standard InChI is InChI=1S/C7H3ClF3NO/c8-7(10,11)6(13)4-1-5(9)3-12-2-4/h1-3H. The van der Waals surface area contributed by atoms with Crippen LogP contribution in [0.15, 0.2) is 18.5 Å². The van der Waals surface area contributed by atoms with Crippen LogP contribution in [0.4, 0.5) is 13.2 Å². The maximum Gasteiger partial charge on any atom is 0.384 e. The molecule has 1 heterocycles. The van der Waals surface area contributed by atoms with Gasteiger partial charge in [0, 0.05) is 11.8 Å². The molecule has 0 atom stereocenters. The lowest BCUT2D eigenvalue weighted by Gasteiger charge is -2.05. The van der Waals surface area contributed by atoms with Gasteiger partial charge in [0.25, 0.3) is 0 Å². The number of Topliss-reactive ketones (excluding diaryl/α,β-unsaturated/α-hetero) is 1. The van der Waals surface area contributed by atoms with Crippen LogP contribution >= 0.6 is 11.6 Å². The van der Waals surface area contributed by atoms with Crippen LogP contribution in [0.1, 0.15) is 10.4 Å². The first kappa shape index (κ1) is 9.98. The monoisotopic (exact) mass is 209 g/mol. The molecule has 2 nitrogen and oxygen atoms in total. The van der Waals surface area contributed by atoms with Crippen molar-refractivity contribution in [1.82, 2.24) is 4.98 Å². The molecule has 0 aliphatic carbocycles. The highest BCUT2D eigenvalue weighted by atomic mass is 35.5. The molecular formula is C7H3ClF3NO. The van der Waals surface area contributed by atoms with E-state index in [1.54, 1.807) is 0 Å². The Balaban J connectivity index is 3.03. The minimum Gasteiger partial charge on any atom is -0.286 e. The van der Waals surface area contributed by atoms with Crippen LogP contribution in [0.5, 0.6) is 0 Å². The van der Waals surface area contributed by atoms with Gasteiger partial charge < -0.3 is 0 Å². The van der Waals surface area contributed by atoms with Crippen molar-refractivity contribution in [3.63, 3.8) is 0 Å². The van der Waals surface area contributed by atoms with Gasteiger partial charge in [-0.1, -0.05) is 0 Å². The largest absolute Gasteiger partial charge is 0.384 e. The summed E-state index contributed by atoms with van der Waals surface area (Å²) in [4.78, 5) is 14.0. The molecule has 0 aliphatic heterocycles. The molecule has 1 rings (SSSR count). The molecule has 0 spiro atoms. The Hall–Kier alpha value is -1.10. The number of halogens is 4. The number of rotatable bonds is 2. The van der Waals surface area contributed by atoms with Crippen LogP contribution in [-0.2, 0) is 0 Å². The number of alkyl halides is 3. The van der Waals surface area contributed by atoms with E-state index in [4.69, 9.17) is 0 Å². The Morgan fingerprint density at radius 3 is 2.54 bits per heavy atom. The van der Waals surface area contributed by atoms with E-state index >= 15 is 0 Å². The predicted octanol–water partition coefficient (Wildman–Crippen LogP) is 2.24. The molecular weight excluding hydrogens is 207 g/mol. The molecule has 0 aliphatic rings. The zero-order valence-corrected chi connectivity index (χ0v) is 6.86. The molecule has 0 fully saturated rings. The van der Waals surface area contributed by atoms with Gasteiger partial charge in [-0.15, -0.1) is 0 Å². The summed E-state index contributed by atoms with van der Waals surface area (Å²) in [7, 11) is 0. The van der Waals surface area contributed by atoms with Gasteiger partial charge in [0.1, 0.15) is 5.82 Å². The van der Waals surface area contributed by atoms with Crippen molar-refractivity contribution in [2.24, 2.45) is 0 Å². The molecule has 0 saturated heterocycles. The lowest BCUT2D eigenvalue weighted by atomic mass is 10.2. The quantitative estimate of drug-likeness (QED) is 0.552. The lowest BCUT2D eigenvalue weighted by Crippen LogP contribution is -2.21. The van der Waals surface area contributed by atoms with Crippen molar-refractivity contribution in [1.29, 1.82) is 0 Å². The van der Waals surface area contributed by atoms with Gasteiger partial charge in [0.2, 0.25) is 5.78 Å². The van der Waals surface area contributed by atoms with E-state index in [1.165, 1.54) is 0 Å². The molecule has 1 aromatic heterocycles. The number of aromatic nitrogens is 1. The van der Waals surface area contributed by atoms with E-state index in [-0.39, 0.29) is 0 Å². The fourth-order valence-corrected chi connectivity index (χ4v) is 0.809. The van der Waals surface area contributed by atoms with Gasteiger partial charge in [-0.2, -0.15) is 8.78 Å². The van der Waals surface area contributed by atoms with Crippen molar-refractivity contribution >= 4 is 17.4 Å². The zero-order chi connectivity index (χ0) is 10.1. The zero-order valence-electron chi connectivity index (χ0n) is 6.10. The van der Waals surface area contributed by atoms with E-state index in [0.717, 1.165) is 12.4 Å². The summed E-state index contributed by atoms with van der Waals surface area (Å²) in [6, 6.07) is 0.644. The first-order chi connectivity index (χ1) is 5.91. The number of ketones is 1. The number of nitrogens with zero attached hydrogens (tertiary/aromatic N) is 1. The summed E-state index contributed by atoms with van der Waals surface area (Å²) in [6.07, 6.45) is 1.62. The SMILES string of the molecule is O=C(c1cncc(F)c1)C(F)(F)Cl. The highest BCUT2D eigenvalue weighted by Crippen LogP contribution is 2.24. The third kappa shape index (κ3) is 2.42. The molecule has 0 radical (unpaired) electrons. The fourth-order valence-electron chi connectivity index (χ4n) is 0.700. The third-order valence-electron chi connectivity index (χ3n) is 1.22. The number of carbonyl (C=O) groups excluding carboxylic acids is 1. The van der Waals surface area contributed by atoms with Crippen LogP contribution in [0.2, 0.25) is 0 Å². The maximum atomic E-state index is 12.4. The Bertz CT molecular complexity index is 337. The highest BCUT2D eigenvalue weighted by Gasteiger charge is 2.36. The molecule has 70 valence electrons. The van der Waals surface area contributed by atoms with Gasteiger partial charge in [-0.3, -0.25) is 9.78 Å². The normalized spacial score (nSPS) is 11.4. The molecule has 0 bridgehead atoms. The van der Waals surface area contributed by atoms with Crippen molar-refractivity contribution in [3.05, 3.63) is 29.8 Å². The third-order valence-corrected chi connectivity index (χ3v) is 1.40. The second kappa shape index (κ2) is 3.33.